The van der Waals surface area contributed by atoms with Gasteiger partial charge in [-0.3, -0.25) is 4.79 Å². The van der Waals surface area contributed by atoms with Crippen molar-refractivity contribution in [2.75, 3.05) is 6.54 Å². The molecule has 1 saturated carbocycles. The Bertz CT molecular complexity index is 323. The minimum atomic E-state index is 0.286. The second kappa shape index (κ2) is 14.6. The molecule has 0 aromatic heterocycles. The third-order valence-corrected chi connectivity index (χ3v) is 3.52. The number of rotatable bonds is 3. The molecular weight excluding hydrogens is 270 g/mol. The lowest BCUT2D eigenvalue weighted by Gasteiger charge is -2.25. The number of hydrogen-bond donors (Lipinski definition) is 1. The van der Waals surface area contributed by atoms with Gasteiger partial charge in [-0.1, -0.05) is 83.4 Å². The van der Waals surface area contributed by atoms with Crippen molar-refractivity contribution >= 4 is 5.91 Å². The number of carbonyl (C=O) groups excluding carboxylic acids is 1. The molecule has 1 aliphatic carbocycles. The monoisotopic (exact) mass is 305 g/mol. The fourth-order valence-corrected chi connectivity index (χ4v) is 2.45. The van der Waals surface area contributed by atoms with E-state index in [0.29, 0.717) is 5.92 Å². The molecule has 1 aromatic carbocycles. The Morgan fingerprint density at radius 1 is 1.00 bits per heavy atom. The summed E-state index contributed by atoms with van der Waals surface area (Å²) in [5, 5.41) is 2.98. The fraction of sp³-hybridized carbons (Fsp3) is 0.650. The molecule has 2 rings (SSSR count). The van der Waals surface area contributed by atoms with Gasteiger partial charge in [-0.05, 0) is 25.2 Å². The van der Waals surface area contributed by atoms with E-state index in [0.717, 1.165) is 31.7 Å². The van der Waals surface area contributed by atoms with E-state index in [4.69, 9.17) is 0 Å². The van der Waals surface area contributed by atoms with Crippen molar-refractivity contribution in [1.29, 1.82) is 0 Å². The summed E-state index contributed by atoms with van der Waals surface area (Å²) in [6.45, 7) is 9.42. The van der Waals surface area contributed by atoms with E-state index in [1.165, 1.54) is 19.3 Å². The van der Waals surface area contributed by atoms with Crippen molar-refractivity contribution in [2.45, 2.75) is 66.2 Å². The van der Waals surface area contributed by atoms with Crippen LogP contribution in [0.15, 0.2) is 36.4 Å². The lowest BCUT2D eigenvalue weighted by molar-refractivity contribution is -0.126. The minimum Gasteiger partial charge on any atom is -0.356 e. The maximum atomic E-state index is 11.6. The summed E-state index contributed by atoms with van der Waals surface area (Å²) in [6, 6.07) is 12.0. The number of carbonyl (C=O) groups is 1. The Labute approximate surface area is 137 Å². The van der Waals surface area contributed by atoms with E-state index in [9.17, 15) is 4.79 Å². The average Bonchev–Trinajstić information content (AvgIpc) is 2.55. The normalized spacial score (nSPS) is 19.8. The Kier molecular flexibility index (Phi) is 13.7. The summed E-state index contributed by atoms with van der Waals surface area (Å²) in [5.74, 6) is 1.33. The molecule has 2 heteroatoms. The van der Waals surface area contributed by atoms with Crippen LogP contribution < -0.4 is 5.32 Å². The average molecular weight is 306 g/mol. The SMILES string of the molecule is CCC.CCCNC(=O)C1CCCC(C)C1.c1ccccc1. The quantitative estimate of drug-likeness (QED) is 0.791. The van der Waals surface area contributed by atoms with Crippen LogP contribution in [0.25, 0.3) is 0 Å². The molecule has 2 unspecified atom stereocenters. The van der Waals surface area contributed by atoms with Crippen molar-refractivity contribution in [3.8, 4) is 0 Å². The van der Waals surface area contributed by atoms with Crippen LogP contribution in [-0.4, -0.2) is 12.5 Å². The van der Waals surface area contributed by atoms with E-state index in [1.807, 2.05) is 36.4 Å². The molecule has 1 N–H and O–H groups in total. The zero-order valence-electron chi connectivity index (χ0n) is 15.0. The topological polar surface area (TPSA) is 29.1 Å². The van der Waals surface area contributed by atoms with Gasteiger partial charge in [0.25, 0.3) is 0 Å². The van der Waals surface area contributed by atoms with E-state index >= 15 is 0 Å². The summed E-state index contributed by atoms with van der Waals surface area (Å²) in [5.41, 5.74) is 0. The maximum Gasteiger partial charge on any atom is 0.223 e. The van der Waals surface area contributed by atoms with Gasteiger partial charge in [-0.2, -0.15) is 0 Å². The second-order valence-electron chi connectivity index (χ2n) is 6.12. The zero-order chi connectivity index (χ0) is 16.6. The Morgan fingerprint density at radius 3 is 1.91 bits per heavy atom. The summed E-state index contributed by atoms with van der Waals surface area (Å²) in [6.07, 6.45) is 7.01. The summed E-state index contributed by atoms with van der Waals surface area (Å²) >= 11 is 0. The molecule has 0 saturated heterocycles. The molecule has 126 valence electrons. The first kappa shape index (κ1) is 20.7. The van der Waals surface area contributed by atoms with Gasteiger partial charge in [-0.25, -0.2) is 0 Å². The van der Waals surface area contributed by atoms with Crippen LogP contribution in [0, 0.1) is 11.8 Å². The Morgan fingerprint density at radius 2 is 1.50 bits per heavy atom. The first-order valence-electron chi connectivity index (χ1n) is 8.93. The summed E-state index contributed by atoms with van der Waals surface area (Å²) < 4.78 is 0. The van der Waals surface area contributed by atoms with Gasteiger partial charge in [0, 0.05) is 12.5 Å². The summed E-state index contributed by atoms with van der Waals surface area (Å²) in [7, 11) is 0. The highest BCUT2D eigenvalue weighted by Crippen LogP contribution is 2.28. The zero-order valence-corrected chi connectivity index (χ0v) is 15.0. The van der Waals surface area contributed by atoms with Crippen LogP contribution in [0.5, 0.6) is 0 Å². The highest BCUT2D eigenvalue weighted by molar-refractivity contribution is 5.78. The number of benzene rings is 1. The molecule has 0 radical (unpaired) electrons. The predicted octanol–water partition coefficient (Wildman–Crippen LogP) is 5.44. The second-order valence-corrected chi connectivity index (χ2v) is 6.12. The van der Waals surface area contributed by atoms with Gasteiger partial charge in [0.1, 0.15) is 0 Å². The minimum absolute atomic E-state index is 0.286. The molecule has 0 heterocycles. The molecule has 1 fully saturated rings. The number of amides is 1. The lowest BCUT2D eigenvalue weighted by atomic mass is 9.82. The van der Waals surface area contributed by atoms with Crippen LogP contribution in [0.2, 0.25) is 0 Å². The third-order valence-electron chi connectivity index (χ3n) is 3.52. The van der Waals surface area contributed by atoms with Gasteiger partial charge >= 0.3 is 0 Å². The van der Waals surface area contributed by atoms with E-state index in [2.05, 4.69) is 33.0 Å². The largest absolute Gasteiger partial charge is 0.356 e. The van der Waals surface area contributed by atoms with E-state index in [-0.39, 0.29) is 5.91 Å². The Balaban J connectivity index is 0.000000404. The third kappa shape index (κ3) is 11.4. The highest BCUT2D eigenvalue weighted by Gasteiger charge is 2.24. The van der Waals surface area contributed by atoms with Crippen LogP contribution in [0.1, 0.15) is 66.2 Å². The van der Waals surface area contributed by atoms with Gasteiger partial charge < -0.3 is 5.32 Å². The molecule has 0 aliphatic heterocycles. The number of hydrogen-bond acceptors (Lipinski definition) is 1. The standard InChI is InChI=1S/C11H21NO.C6H6.C3H8/c1-3-7-12-11(13)10-6-4-5-9(2)8-10;1-2-4-6-5-3-1;1-3-2/h9-10H,3-8H2,1-2H3,(H,12,13);1-6H;3H2,1-2H3. The van der Waals surface area contributed by atoms with Crippen LogP contribution >= 0.6 is 0 Å². The predicted molar refractivity (Wildman–Crippen MR) is 96.8 cm³/mol. The molecule has 2 nitrogen and oxygen atoms in total. The van der Waals surface area contributed by atoms with Gasteiger partial charge in [0.2, 0.25) is 5.91 Å². The van der Waals surface area contributed by atoms with Crippen LogP contribution in [0.4, 0.5) is 0 Å². The van der Waals surface area contributed by atoms with Gasteiger partial charge in [0.05, 0.1) is 0 Å². The first-order valence-corrected chi connectivity index (χ1v) is 8.93. The van der Waals surface area contributed by atoms with Gasteiger partial charge in [-0.15, -0.1) is 0 Å². The van der Waals surface area contributed by atoms with E-state index < -0.39 is 0 Å². The Hall–Kier alpha value is -1.31. The van der Waals surface area contributed by atoms with Crippen molar-refractivity contribution in [3.63, 3.8) is 0 Å². The lowest BCUT2D eigenvalue weighted by Crippen LogP contribution is -2.33. The highest BCUT2D eigenvalue weighted by atomic mass is 16.1. The van der Waals surface area contributed by atoms with Crippen molar-refractivity contribution in [3.05, 3.63) is 36.4 Å². The smallest absolute Gasteiger partial charge is 0.223 e. The van der Waals surface area contributed by atoms with Crippen molar-refractivity contribution in [2.24, 2.45) is 11.8 Å². The molecule has 22 heavy (non-hydrogen) atoms. The van der Waals surface area contributed by atoms with Crippen LogP contribution in [-0.2, 0) is 4.79 Å². The first-order chi connectivity index (χ1) is 10.7. The molecule has 1 amide bonds. The molecule has 0 spiro atoms. The van der Waals surface area contributed by atoms with E-state index in [1.54, 1.807) is 0 Å². The number of nitrogens with one attached hydrogen (secondary N) is 1. The van der Waals surface area contributed by atoms with Crippen molar-refractivity contribution < 1.29 is 4.79 Å². The maximum absolute atomic E-state index is 11.6. The van der Waals surface area contributed by atoms with Crippen LogP contribution in [0.3, 0.4) is 0 Å². The fourth-order valence-electron chi connectivity index (χ4n) is 2.45. The molecule has 2 atom stereocenters. The van der Waals surface area contributed by atoms with Gasteiger partial charge in [0.15, 0.2) is 0 Å². The molecular formula is C20H35NO. The molecule has 1 aliphatic rings. The molecule has 1 aromatic rings. The molecule has 0 bridgehead atoms. The van der Waals surface area contributed by atoms with Crippen molar-refractivity contribution in [1.82, 2.24) is 5.32 Å². The summed E-state index contributed by atoms with van der Waals surface area (Å²) in [4.78, 5) is 11.6.